The molecule has 124 valence electrons. The van der Waals surface area contributed by atoms with Crippen LogP contribution in [0.15, 0.2) is 59.8 Å². The maximum atomic E-state index is 9.07. The molecule has 3 rings (SSSR count). The maximum absolute atomic E-state index is 9.07. The van der Waals surface area contributed by atoms with E-state index in [9.17, 15) is 0 Å². The summed E-state index contributed by atoms with van der Waals surface area (Å²) in [7, 11) is 1.95. The first-order chi connectivity index (χ1) is 11.8. The summed E-state index contributed by atoms with van der Waals surface area (Å²) < 4.78 is 7.67. The van der Waals surface area contributed by atoms with Crippen molar-refractivity contribution in [2.75, 3.05) is 0 Å². The second kappa shape index (κ2) is 7.99. The number of benzene rings is 2. The zero-order valence-corrected chi connectivity index (χ0v) is 14.2. The van der Waals surface area contributed by atoms with Crippen molar-refractivity contribution in [1.29, 1.82) is 0 Å². The van der Waals surface area contributed by atoms with Crippen LogP contribution in [0, 0.1) is 0 Å². The molecule has 1 N–H and O–H groups in total. The van der Waals surface area contributed by atoms with Crippen LogP contribution < -0.4 is 4.74 Å². The van der Waals surface area contributed by atoms with Crippen molar-refractivity contribution < 1.29 is 9.84 Å². The molecule has 0 unspecified atom stereocenters. The summed E-state index contributed by atoms with van der Waals surface area (Å²) in [5.41, 5.74) is 2.10. The van der Waals surface area contributed by atoms with Gasteiger partial charge in [0, 0.05) is 12.8 Å². The number of para-hydroxylation sites is 1. The van der Waals surface area contributed by atoms with Crippen LogP contribution in [0.4, 0.5) is 0 Å². The molecule has 1 aromatic heterocycles. The molecule has 0 saturated heterocycles. The van der Waals surface area contributed by atoms with E-state index in [2.05, 4.69) is 10.2 Å². The predicted molar refractivity (Wildman–Crippen MR) is 93.7 cm³/mol. The smallest absolute Gasteiger partial charge is 0.191 e. The number of hydrogen-bond acceptors (Lipinski definition) is 5. The van der Waals surface area contributed by atoms with Crippen LogP contribution in [0.5, 0.6) is 5.75 Å². The molecule has 1 heterocycles. The lowest BCUT2D eigenvalue weighted by molar-refractivity contribution is 0.282. The minimum absolute atomic E-state index is 0.0709. The minimum atomic E-state index is 0.0709. The van der Waals surface area contributed by atoms with Gasteiger partial charge in [-0.3, -0.25) is 0 Å². The molecule has 0 saturated carbocycles. The van der Waals surface area contributed by atoms with E-state index in [1.165, 1.54) is 5.56 Å². The number of aliphatic hydroxyl groups excluding tert-OH is 1. The Bertz CT molecular complexity index is 773. The van der Waals surface area contributed by atoms with Gasteiger partial charge in [-0.15, -0.1) is 10.2 Å². The lowest BCUT2D eigenvalue weighted by Crippen LogP contribution is -2.04. The number of aliphatic hydroxyl groups is 1. The summed E-state index contributed by atoms with van der Waals surface area (Å²) in [6.45, 7) is 0.459. The van der Waals surface area contributed by atoms with E-state index in [0.29, 0.717) is 6.61 Å². The molecule has 3 aromatic rings. The van der Waals surface area contributed by atoms with Crippen LogP contribution in [0.1, 0.15) is 17.0 Å². The number of rotatable bonds is 7. The number of hydrogen-bond donors (Lipinski definition) is 1. The largest absolute Gasteiger partial charge is 0.486 e. The molecule has 0 amide bonds. The Kier molecular flexibility index (Phi) is 5.51. The highest BCUT2D eigenvalue weighted by Gasteiger charge is 2.10. The van der Waals surface area contributed by atoms with Crippen molar-refractivity contribution >= 4 is 11.8 Å². The molecule has 0 atom stereocenters. The molecule has 0 spiro atoms. The lowest BCUT2D eigenvalue weighted by atomic mass is 10.2. The number of ether oxygens (including phenoxy) is 1. The average molecular weight is 341 g/mol. The van der Waals surface area contributed by atoms with E-state index in [0.717, 1.165) is 28.0 Å². The first-order valence-corrected chi connectivity index (χ1v) is 8.62. The van der Waals surface area contributed by atoms with Crippen molar-refractivity contribution in [3.05, 3.63) is 71.5 Å². The standard InChI is InChI=1S/C18H19N3O2S/c1-21-17(12-23-16-5-3-2-4-6-16)19-20-18(21)24-13-15-9-7-14(11-22)8-10-15/h2-10,22H,11-13H2,1H3. The van der Waals surface area contributed by atoms with Crippen molar-refractivity contribution in [1.82, 2.24) is 14.8 Å². The van der Waals surface area contributed by atoms with Crippen LogP contribution in [0.3, 0.4) is 0 Å². The molecule has 0 radical (unpaired) electrons. The summed E-state index contributed by atoms with van der Waals surface area (Å²) >= 11 is 1.63. The molecule has 5 nitrogen and oxygen atoms in total. The van der Waals surface area contributed by atoms with Gasteiger partial charge in [0.25, 0.3) is 0 Å². The molecule has 0 bridgehead atoms. The predicted octanol–water partition coefficient (Wildman–Crippen LogP) is 3.18. The Morgan fingerprint density at radius 1 is 1.00 bits per heavy atom. The summed E-state index contributed by atoms with van der Waals surface area (Å²) in [4.78, 5) is 0. The molecular weight excluding hydrogens is 322 g/mol. The maximum Gasteiger partial charge on any atom is 0.191 e. The number of thioether (sulfide) groups is 1. The molecular formula is C18H19N3O2S. The van der Waals surface area contributed by atoms with Gasteiger partial charge >= 0.3 is 0 Å². The summed E-state index contributed by atoms with van der Waals surface area (Å²) in [6, 6.07) is 17.6. The van der Waals surface area contributed by atoms with Crippen LogP contribution in [-0.2, 0) is 26.0 Å². The Labute approximate surface area is 145 Å². The molecule has 0 aliphatic rings. The van der Waals surface area contributed by atoms with E-state index in [-0.39, 0.29) is 6.61 Å². The van der Waals surface area contributed by atoms with Gasteiger partial charge in [-0.1, -0.05) is 54.2 Å². The molecule has 24 heavy (non-hydrogen) atoms. The Morgan fingerprint density at radius 3 is 2.42 bits per heavy atom. The van der Waals surface area contributed by atoms with Crippen molar-refractivity contribution in [2.45, 2.75) is 24.1 Å². The van der Waals surface area contributed by atoms with Gasteiger partial charge in [0.2, 0.25) is 0 Å². The molecule has 0 aliphatic carbocycles. The monoisotopic (exact) mass is 341 g/mol. The highest BCUT2D eigenvalue weighted by molar-refractivity contribution is 7.98. The van der Waals surface area contributed by atoms with Crippen LogP contribution in [0.25, 0.3) is 0 Å². The molecule has 6 heteroatoms. The number of nitrogens with zero attached hydrogens (tertiary/aromatic N) is 3. The fraction of sp³-hybridized carbons (Fsp3) is 0.222. The summed E-state index contributed by atoms with van der Waals surface area (Å²) in [6.07, 6.45) is 0. The first-order valence-electron chi connectivity index (χ1n) is 7.64. The van der Waals surface area contributed by atoms with Gasteiger partial charge < -0.3 is 14.4 Å². The minimum Gasteiger partial charge on any atom is -0.486 e. The third kappa shape index (κ3) is 4.15. The fourth-order valence-corrected chi connectivity index (χ4v) is 3.04. The first kappa shape index (κ1) is 16.5. The van der Waals surface area contributed by atoms with Gasteiger partial charge in [0.05, 0.1) is 6.61 Å². The third-order valence-electron chi connectivity index (χ3n) is 3.61. The average Bonchev–Trinajstić information content (AvgIpc) is 2.99. The summed E-state index contributed by atoms with van der Waals surface area (Å²) in [5.74, 6) is 2.41. The normalized spacial score (nSPS) is 10.8. The molecule has 2 aromatic carbocycles. The summed E-state index contributed by atoms with van der Waals surface area (Å²) in [5, 5.41) is 18.4. The van der Waals surface area contributed by atoms with Crippen LogP contribution in [-0.4, -0.2) is 19.9 Å². The van der Waals surface area contributed by atoms with Crippen LogP contribution in [0.2, 0.25) is 0 Å². The van der Waals surface area contributed by atoms with Gasteiger partial charge in [-0.25, -0.2) is 0 Å². The van der Waals surface area contributed by atoms with Gasteiger partial charge in [-0.05, 0) is 23.3 Å². The van der Waals surface area contributed by atoms with Crippen LogP contribution >= 0.6 is 11.8 Å². The molecule has 0 aliphatic heterocycles. The zero-order chi connectivity index (χ0) is 16.8. The van der Waals surface area contributed by atoms with Crippen molar-refractivity contribution in [3.63, 3.8) is 0 Å². The SMILES string of the molecule is Cn1c(COc2ccccc2)nnc1SCc1ccc(CO)cc1. The van der Waals surface area contributed by atoms with Gasteiger partial charge in [-0.2, -0.15) is 0 Å². The topological polar surface area (TPSA) is 60.2 Å². The van der Waals surface area contributed by atoms with Crippen molar-refractivity contribution in [3.8, 4) is 5.75 Å². The van der Waals surface area contributed by atoms with Crippen molar-refractivity contribution in [2.24, 2.45) is 7.05 Å². The Morgan fingerprint density at radius 2 is 1.71 bits per heavy atom. The van der Waals surface area contributed by atoms with E-state index >= 15 is 0 Å². The number of aromatic nitrogens is 3. The Balaban J connectivity index is 1.57. The highest BCUT2D eigenvalue weighted by atomic mass is 32.2. The Hall–Kier alpha value is -2.31. The second-order valence-corrected chi connectivity index (χ2v) is 6.27. The fourth-order valence-electron chi connectivity index (χ4n) is 2.15. The lowest BCUT2D eigenvalue weighted by Gasteiger charge is -2.06. The van der Waals surface area contributed by atoms with E-state index in [4.69, 9.17) is 9.84 Å². The quantitative estimate of drug-likeness (QED) is 0.669. The van der Waals surface area contributed by atoms with Gasteiger partial charge in [0.1, 0.15) is 12.4 Å². The zero-order valence-electron chi connectivity index (χ0n) is 13.4. The van der Waals surface area contributed by atoms with Gasteiger partial charge in [0.15, 0.2) is 11.0 Å². The highest BCUT2D eigenvalue weighted by Crippen LogP contribution is 2.22. The molecule has 0 fully saturated rings. The van der Waals surface area contributed by atoms with E-state index < -0.39 is 0 Å². The third-order valence-corrected chi connectivity index (χ3v) is 4.70. The second-order valence-electron chi connectivity index (χ2n) is 5.32. The van der Waals surface area contributed by atoms with E-state index in [1.807, 2.05) is 66.2 Å². The van der Waals surface area contributed by atoms with E-state index in [1.54, 1.807) is 11.8 Å².